The molecule has 182 valence electrons. The summed E-state index contributed by atoms with van der Waals surface area (Å²) in [4.78, 5) is 9.59. The van der Waals surface area contributed by atoms with Crippen molar-refractivity contribution in [3.63, 3.8) is 0 Å². The summed E-state index contributed by atoms with van der Waals surface area (Å²) >= 11 is 13.8. The summed E-state index contributed by atoms with van der Waals surface area (Å²) in [6.45, 7) is 13.3. The minimum absolute atomic E-state index is 0.0985. The average Bonchev–Trinajstić information content (AvgIpc) is 2.83. The standard InChI is InChI=1S/C32H30Cl2N2/c1-31(2,3)21-11-7-19(8-12-21)25-17-35-29-23(27(25)33)15-16-24-28(34)26(18-36-30(24)29)20-9-13-22(14-10-20)32(4,5)6/h7-18H,1-6H3. The number of rotatable bonds is 2. The maximum atomic E-state index is 6.92. The maximum absolute atomic E-state index is 6.92. The van der Waals surface area contributed by atoms with Crippen LogP contribution in [-0.2, 0) is 10.8 Å². The maximum Gasteiger partial charge on any atom is 0.0980 e. The minimum atomic E-state index is 0.0985. The molecule has 2 nitrogen and oxygen atoms in total. The molecule has 0 N–H and O–H groups in total. The van der Waals surface area contributed by atoms with Gasteiger partial charge in [-0.25, -0.2) is 0 Å². The molecule has 0 fully saturated rings. The van der Waals surface area contributed by atoms with Gasteiger partial charge in [0.2, 0.25) is 0 Å². The fourth-order valence-electron chi connectivity index (χ4n) is 4.56. The Morgan fingerprint density at radius 3 is 1.14 bits per heavy atom. The topological polar surface area (TPSA) is 25.8 Å². The number of fused-ring (bicyclic) bond motifs is 3. The third-order valence-corrected chi connectivity index (χ3v) is 7.68. The van der Waals surface area contributed by atoms with Crippen LogP contribution in [0.1, 0.15) is 52.7 Å². The largest absolute Gasteiger partial charge is 0.253 e. The molecule has 5 aromatic rings. The minimum Gasteiger partial charge on any atom is -0.253 e. The molecule has 0 saturated heterocycles. The number of pyridine rings is 2. The third kappa shape index (κ3) is 4.38. The highest BCUT2D eigenvalue weighted by atomic mass is 35.5. The van der Waals surface area contributed by atoms with Crippen LogP contribution in [0.15, 0.2) is 73.1 Å². The second-order valence-electron chi connectivity index (χ2n) is 11.5. The lowest BCUT2D eigenvalue weighted by atomic mass is 9.86. The van der Waals surface area contributed by atoms with Crippen molar-refractivity contribution in [3.05, 3.63) is 94.2 Å². The molecule has 0 bridgehead atoms. The van der Waals surface area contributed by atoms with Gasteiger partial charge in [0.25, 0.3) is 0 Å². The number of hydrogen-bond donors (Lipinski definition) is 0. The first-order valence-electron chi connectivity index (χ1n) is 12.2. The van der Waals surface area contributed by atoms with E-state index in [0.717, 1.165) is 44.1 Å². The Kier molecular flexibility index (Phi) is 6.09. The van der Waals surface area contributed by atoms with Gasteiger partial charge in [-0.15, -0.1) is 0 Å². The van der Waals surface area contributed by atoms with Crippen molar-refractivity contribution in [1.29, 1.82) is 0 Å². The van der Waals surface area contributed by atoms with Crippen molar-refractivity contribution in [2.75, 3.05) is 0 Å². The summed E-state index contributed by atoms with van der Waals surface area (Å²) in [7, 11) is 0. The Hall–Kier alpha value is -2.94. The van der Waals surface area contributed by atoms with Crippen LogP contribution in [0.5, 0.6) is 0 Å². The molecule has 2 heterocycles. The van der Waals surface area contributed by atoms with E-state index in [1.54, 1.807) is 0 Å². The highest BCUT2D eigenvalue weighted by Gasteiger charge is 2.18. The van der Waals surface area contributed by atoms with Gasteiger partial charge in [-0.1, -0.05) is 125 Å². The molecule has 0 aliphatic carbocycles. The van der Waals surface area contributed by atoms with E-state index in [4.69, 9.17) is 33.2 Å². The third-order valence-electron chi connectivity index (χ3n) is 6.87. The van der Waals surface area contributed by atoms with Crippen molar-refractivity contribution in [3.8, 4) is 22.3 Å². The lowest BCUT2D eigenvalue weighted by Gasteiger charge is -2.19. The van der Waals surface area contributed by atoms with Crippen LogP contribution in [0.2, 0.25) is 10.0 Å². The molecule has 5 rings (SSSR count). The lowest BCUT2D eigenvalue weighted by molar-refractivity contribution is 0.590. The summed E-state index contributed by atoms with van der Waals surface area (Å²) < 4.78 is 0. The molecule has 2 aromatic heterocycles. The lowest BCUT2D eigenvalue weighted by Crippen LogP contribution is -2.10. The highest BCUT2D eigenvalue weighted by molar-refractivity contribution is 6.41. The summed E-state index contributed by atoms with van der Waals surface area (Å²) in [5.74, 6) is 0. The number of nitrogens with zero attached hydrogens (tertiary/aromatic N) is 2. The second-order valence-corrected chi connectivity index (χ2v) is 12.2. The fourth-order valence-corrected chi connectivity index (χ4v) is 5.18. The summed E-state index contributed by atoms with van der Waals surface area (Å²) in [5.41, 5.74) is 8.17. The molecule has 0 spiro atoms. The van der Waals surface area contributed by atoms with Crippen LogP contribution in [-0.4, -0.2) is 9.97 Å². The van der Waals surface area contributed by atoms with Gasteiger partial charge in [0.1, 0.15) is 0 Å². The zero-order chi connectivity index (χ0) is 25.8. The smallest absolute Gasteiger partial charge is 0.0980 e. The molecule has 0 radical (unpaired) electrons. The van der Waals surface area contributed by atoms with E-state index >= 15 is 0 Å². The van der Waals surface area contributed by atoms with Crippen LogP contribution < -0.4 is 0 Å². The van der Waals surface area contributed by atoms with Gasteiger partial charge in [-0.05, 0) is 33.1 Å². The van der Waals surface area contributed by atoms with Crippen LogP contribution in [0.3, 0.4) is 0 Å². The molecule has 36 heavy (non-hydrogen) atoms. The van der Waals surface area contributed by atoms with Crippen molar-refractivity contribution >= 4 is 45.0 Å². The first-order chi connectivity index (χ1) is 16.9. The van der Waals surface area contributed by atoms with E-state index in [2.05, 4.69) is 90.1 Å². The quantitative estimate of drug-likeness (QED) is 0.220. The first-order valence-corrected chi connectivity index (χ1v) is 13.0. The zero-order valence-electron chi connectivity index (χ0n) is 21.6. The Labute approximate surface area is 223 Å². The Morgan fingerprint density at radius 2 is 0.833 bits per heavy atom. The van der Waals surface area contributed by atoms with E-state index in [1.165, 1.54) is 11.1 Å². The number of hydrogen-bond acceptors (Lipinski definition) is 2. The van der Waals surface area contributed by atoms with Gasteiger partial charge in [-0.2, -0.15) is 0 Å². The second kappa shape index (κ2) is 8.87. The number of benzene rings is 3. The first kappa shape index (κ1) is 24.7. The predicted molar refractivity (Wildman–Crippen MR) is 155 cm³/mol. The van der Waals surface area contributed by atoms with E-state index < -0.39 is 0 Å². The fraction of sp³-hybridized carbons (Fsp3) is 0.250. The summed E-state index contributed by atoms with van der Waals surface area (Å²) in [5, 5.41) is 3.08. The van der Waals surface area contributed by atoms with Crippen molar-refractivity contribution in [1.82, 2.24) is 9.97 Å². The molecule has 3 aromatic carbocycles. The number of halogens is 2. The molecule has 0 aliphatic heterocycles. The summed E-state index contributed by atoms with van der Waals surface area (Å²) in [6.07, 6.45) is 3.68. The van der Waals surface area contributed by atoms with Gasteiger partial charge in [-0.3, -0.25) is 9.97 Å². The normalized spacial score (nSPS) is 12.4. The van der Waals surface area contributed by atoms with Crippen molar-refractivity contribution in [2.45, 2.75) is 52.4 Å². The Morgan fingerprint density at radius 1 is 0.500 bits per heavy atom. The van der Waals surface area contributed by atoms with Gasteiger partial charge in [0, 0.05) is 34.3 Å². The molecule has 0 amide bonds. The van der Waals surface area contributed by atoms with E-state index in [-0.39, 0.29) is 10.8 Å². The Bertz CT molecular complexity index is 1470. The monoisotopic (exact) mass is 512 g/mol. The van der Waals surface area contributed by atoms with E-state index in [0.29, 0.717) is 10.0 Å². The van der Waals surface area contributed by atoms with Crippen LogP contribution >= 0.6 is 23.2 Å². The summed E-state index contributed by atoms with van der Waals surface area (Å²) in [6, 6.07) is 21.1. The van der Waals surface area contributed by atoms with Gasteiger partial charge < -0.3 is 0 Å². The average molecular weight is 514 g/mol. The van der Waals surface area contributed by atoms with Crippen LogP contribution in [0, 0.1) is 0 Å². The van der Waals surface area contributed by atoms with Crippen molar-refractivity contribution in [2.24, 2.45) is 0 Å². The SMILES string of the molecule is CC(C)(C)c1ccc(-c2cnc3c(ccc4c(Cl)c(-c5ccc(C(C)(C)C)cc5)cnc43)c2Cl)cc1. The molecular weight excluding hydrogens is 483 g/mol. The van der Waals surface area contributed by atoms with E-state index in [1.807, 2.05) is 24.5 Å². The van der Waals surface area contributed by atoms with E-state index in [9.17, 15) is 0 Å². The molecule has 0 saturated carbocycles. The van der Waals surface area contributed by atoms with Crippen LogP contribution in [0.4, 0.5) is 0 Å². The highest BCUT2D eigenvalue weighted by Crippen LogP contribution is 2.40. The number of aromatic nitrogens is 2. The molecule has 0 aliphatic rings. The van der Waals surface area contributed by atoms with Crippen molar-refractivity contribution < 1.29 is 0 Å². The zero-order valence-corrected chi connectivity index (χ0v) is 23.1. The molecular formula is C32H30Cl2N2. The van der Waals surface area contributed by atoms with Gasteiger partial charge in [0.05, 0.1) is 21.1 Å². The molecule has 0 atom stereocenters. The predicted octanol–water partition coefficient (Wildman–Crippen LogP) is 10.0. The molecule has 0 unspecified atom stereocenters. The van der Waals surface area contributed by atoms with Gasteiger partial charge in [0.15, 0.2) is 0 Å². The molecule has 4 heteroatoms. The Balaban J connectivity index is 1.59. The van der Waals surface area contributed by atoms with Gasteiger partial charge >= 0.3 is 0 Å². The van der Waals surface area contributed by atoms with Crippen LogP contribution in [0.25, 0.3) is 44.1 Å².